The van der Waals surface area contributed by atoms with Gasteiger partial charge in [-0.25, -0.2) is 0 Å². The highest BCUT2D eigenvalue weighted by molar-refractivity contribution is 4.88. The molecule has 1 saturated heterocycles. The van der Waals surface area contributed by atoms with Crippen LogP contribution >= 0.6 is 0 Å². The first-order chi connectivity index (χ1) is 7.47. The lowest BCUT2D eigenvalue weighted by Gasteiger charge is -2.39. The van der Waals surface area contributed by atoms with Gasteiger partial charge in [0.2, 0.25) is 0 Å². The van der Waals surface area contributed by atoms with Gasteiger partial charge in [0, 0.05) is 0 Å². The Morgan fingerprint density at radius 2 is 1.69 bits per heavy atom. The average Bonchev–Trinajstić information content (AvgIpc) is 2.25. The Morgan fingerprint density at radius 1 is 1.06 bits per heavy atom. The molecule has 8 heteroatoms. The molecule has 8 nitrogen and oxygen atoms in total. The van der Waals surface area contributed by atoms with Crippen LogP contribution in [0.5, 0.6) is 0 Å². The second-order valence-corrected chi connectivity index (χ2v) is 3.51. The molecular weight excluding hydrogens is 224 g/mol. The minimum absolute atomic E-state index is 0.525. The van der Waals surface area contributed by atoms with Crippen molar-refractivity contribution < 1.29 is 40.1 Å². The minimum atomic E-state index is -1.74. The number of hydrogen-bond acceptors (Lipinski definition) is 8. The molecule has 0 bridgehead atoms. The molecule has 1 aliphatic rings. The molecule has 16 heavy (non-hydrogen) atoms. The number of hydrogen-bond donors (Lipinski definition) is 6. The summed E-state index contributed by atoms with van der Waals surface area (Å²) in [5, 5.41) is 54.1. The molecule has 1 rings (SSSR count). The fourth-order valence-corrected chi connectivity index (χ4v) is 1.39. The Morgan fingerprint density at radius 3 is 2.19 bits per heavy atom. The predicted molar refractivity (Wildman–Crippen MR) is 47.9 cm³/mol. The summed E-state index contributed by atoms with van der Waals surface area (Å²) < 4.78 is 9.68. The smallest absolute Gasteiger partial charge is 0.186 e. The third kappa shape index (κ3) is 3.09. The maximum Gasteiger partial charge on any atom is 0.186 e. The first kappa shape index (κ1) is 13.7. The fourth-order valence-electron chi connectivity index (χ4n) is 1.39. The average molecular weight is 240 g/mol. The van der Waals surface area contributed by atoms with Gasteiger partial charge in [0.25, 0.3) is 0 Å². The van der Waals surface area contributed by atoms with Crippen LogP contribution in [0.2, 0.25) is 0 Å². The van der Waals surface area contributed by atoms with Gasteiger partial charge in [0.15, 0.2) is 12.6 Å². The van der Waals surface area contributed by atoms with Gasteiger partial charge >= 0.3 is 0 Å². The van der Waals surface area contributed by atoms with Crippen molar-refractivity contribution in [1.29, 1.82) is 0 Å². The van der Waals surface area contributed by atoms with Crippen LogP contribution in [0.3, 0.4) is 0 Å². The third-order valence-corrected chi connectivity index (χ3v) is 2.26. The zero-order valence-electron chi connectivity index (χ0n) is 8.38. The second kappa shape index (κ2) is 5.84. The van der Waals surface area contributed by atoms with Crippen LogP contribution in [0.25, 0.3) is 0 Å². The van der Waals surface area contributed by atoms with Crippen molar-refractivity contribution in [3.05, 3.63) is 0 Å². The van der Waals surface area contributed by atoms with Gasteiger partial charge < -0.3 is 40.1 Å². The molecule has 0 spiro atoms. The van der Waals surface area contributed by atoms with Crippen molar-refractivity contribution in [3.8, 4) is 0 Å². The van der Waals surface area contributed by atoms with E-state index in [1.807, 2.05) is 0 Å². The van der Waals surface area contributed by atoms with E-state index in [0.717, 1.165) is 0 Å². The van der Waals surface area contributed by atoms with Gasteiger partial charge in [-0.3, -0.25) is 0 Å². The van der Waals surface area contributed by atoms with E-state index in [-0.39, 0.29) is 0 Å². The first-order valence-electron chi connectivity index (χ1n) is 4.75. The molecule has 5 unspecified atom stereocenters. The molecule has 5 atom stereocenters. The summed E-state index contributed by atoms with van der Waals surface area (Å²) in [6.45, 7) is -1.09. The van der Waals surface area contributed by atoms with Crippen LogP contribution in [-0.4, -0.2) is 80.8 Å². The standard InChI is InChI=1S/C8H16O8/c9-1-3-5(12)6(13)7(14)8(16-3)15-2-4(10)11/h3-14H,1-2H2. The molecule has 0 aromatic heterocycles. The molecule has 1 aliphatic heterocycles. The molecule has 1 heterocycles. The molecule has 96 valence electrons. The monoisotopic (exact) mass is 240 g/mol. The fraction of sp³-hybridized carbons (Fsp3) is 1.00. The van der Waals surface area contributed by atoms with Crippen LogP contribution in [0.4, 0.5) is 0 Å². The molecule has 0 aromatic rings. The van der Waals surface area contributed by atoms with Crippen LogP contribution in [0.15, 0.2) is 0 Å². The quantitative estimate of drug-likeness (QED) is 0.274. The molecule has 0 amide bonds. The molecule has 6 N–H and O–H groups in total. The number of aliphatic hydroxyl groups excluding tert-OH is 5. The van der Waals surface area contributed by atoms with Gasteiger partial charge in [0.05, 0.1) is 6.61 Å². The topological polar surface area (TPSA) is 140 Å². The molecule has 1 fully saturated rings. The summed E-state index contributed by atoms with van der Waals surface area (Å²) in [4.78, 5) is 0. The molecule has 0 aliphatic carbocycles. The van der Waals surface area contributed by atoms with Gasteiger partial charge in [-0.2, -0.15) is 0 Å². The van der Waals surface area contributed by atoms with E-state index in [4.69, 9.17) is 24.8 Å². The van der Waals surface area contributed by atoms with Crippen LogP contribution < -0.4 is 0 Å². The Balaban J connectivity index is 2.56. The number of aliphatic hydroxyl groups is 6. The van der Waals surface area contributed by atoms with Crippen molar-refractivity contribution in [1.82, 2.24) is 0 Å². The van der Waals surface area contributed by atoms with Crippen LogP contribution in [0, 0.1) is 0 Å². The van der Waals surface area contributed by atoms with E-state index in [1.165, 1.54) is 0 Å². The van der Waals surface area contributed by atoms with Gasteiger partial charge in [-0.1, -0.05) is 0 Å². The van der Waals surface area contributed by atoms with E-state index in [2.05, 4.69) is 0 Å². The Hall–Kier alpha value is -0.320. The minimum Gasteiger partial charge on any atom is -0.394 e. The number of ether oxygens (including phenoxy) is 2. The molecular formula is C8H16O8. The lowest BCUT2D eigenvalue weighted by Crippen LogP contribution is -2.59. The van der Waals surface area contributed by atoms with Crippen molar-refractivity contribution in [2.45, 2.75) is 37.0 Å². The molecule has 0 radical (unpaired) electrons. The largest absolute Gasteiger partial charge is 0.394 e. The summed E-state index contributed by atoms with van der Waals surface area (Å²) in [6, 6.07) is 0. The summed E-state index contributed by atoms with van der Waals surface area (Å²) in [7, 11) is 0. The van der Waals surface area contributed by atoms with Crippen LogP contribution in [-0.2, 0) is 9.47 Å². The summed E-state index contributed by atoms with van der Waals surface area (Å²) in [6.07, 6.45) is -8.67. The highest BCUT2D eigenvalue weighted by atomic mass is 16.7. The van der Waals surface area contributed by atoms with E-state index in [1.54, 1.807) is 0 Å². The summed E-state index contributed by atoms with van der Waals surface area (Å²) >= 11 is 0. The van der Waals surface area contributed by atoms with Crippen molar-refractivity contribution in [2.24, 2.45) is 0 Å². The highest BCUT2D eigenvalue weighted by Gasteiger charge is 2.44. The maximum absolute atomic E-state index is 9.43. The van der Waals surface area contributed by atoms with Gasteiger partial charge in [0.1, 0.15) is 31.0 Å². The number of rotatable bonds is 4. The molecule has 0 aromatic carbocycles. The second-order valence-electron chi connectivity index (χ2n) is 3.51. The normalized spacial score (nSPS) is 40.3. The van der Waals surface area contributed by atoms with E-state index in [0.29, 0.717) is 0 Å². The predicted octanol–water partition coefficient (Wildman–Crippen LogP) is -3.89. The van der Waals surface area contributed by atoms with Crippen molar-refractivity contribution in [3.63, 3.8) is 0 Å². The third-order valence-electron chi connectivity index (χ3n) is 2.26. The zero-order valence-corrected chi connectivity index (χ0v) is 8.38. The maximum atomic E-state index is 9.43. The van der Waals surface area contributed by atoms with Crippen molar-refractivity contribution in [2.75, 3.05) is 13.2 Å². The Labute approximate surface area is 91.3 Å². The summed E-state index contributed by atoms with van der Waals surface area (Å²) in [5.41, 5.74) is 0. The Kier molecular flexibility index (Phi) is 5.02. The molecule has 0 saturated carbocycles. The first-order valence-corrected chi connectivity index (χ1v) is 4.75. The Bertz CT molecular complexity index is 208. The van der Waals surface area contributed by atoms with Gasteiger partial charge in [-0.05, 0) is 0 Å². The van der Waals surface area contributed by atoms with Crippen molar-refractivity contribution >= 4 is 0 Å². The summed E-state index contributed by atoms with van der Waals surface area (Å²) in [5.74, 6) is 0. The SMILES string of the molecule is OCC1OC(OCC(O)O)C(O)C(O)C1O. The van der Waals surface area contributed by atoms with E-state index >= 15 is 0 Å². The lowest BCUT2D eigenvalue weighted by atomic mass is 9.99. The zero-order chi connectivity index (χ0) is 12.3. The van der Waals surface area contributed by atoms with Crippen LogP contribution in [0.1, 0.15) is 0 Å². The van der Waals surface area contributed by atoms with Gasteiger partial charge in [-0.15, -0.1) is 0 Å². The van der Waals surface area contributed by atoms with E-state index in [9.17, 15) is 15.3 Å². The lowest BCUT2D eigenvalue weighted by molar-refractivity contribution is -0.310. The van der Waals surface area contributed by atoms with E-state index < -0.39 is 50.2 Å². The highest BCUT2D eigenvalue weighted by Crippen LogP contribution is 2.21.